The van der Waals surface area contributed by atoms with Crippen molar-refractivity contribution in [2.75, 3.05) is 12.0 Å². The van der Waals surface area contributed by atoms with Gasteiger partial charge in [-0.1, -0.05) is 34.5 Å². The van der Waals surface area contributed by atoms with Crippen molar-refractivity contribution in [2.24, 2.45) is 0 Å². The molecule has 0 aliphatic carbocycles. The Labute approximate surface area is 115 Å². The molecule has 0 radical (unpaired) electrons. The van der Waals surface area contributed by atoms with Gasteiger partial charge in [-0.05, 0) is 36.4 Å². The Morgan fingerprint density at radius 1 is 1.50 bits per heavy atom. The molecular weight excluding hydrogens is 306 g/mol. The van der Waals surface area contributed by atoms with Crippen molar-refractivity contribution in [3.8, 4) is 0 Å². The molecular formula is C12H17BrClNS. The molecule has 1 aromatic carbocycles. The third-order valence-electron chi connectivity index (χ3n) is 2.45. The van der Waals surface area contributed by atoms with Crippen molar-refractivity contribution < 1.29 is 0 Å². The fourth-order valence-electron chi connectivity index (χ4n) is 1.46. The van der Waals surface area contributed by atoms with Crippen LogP contribution in [0.4, 0.5) is 0 Å². The molecule has 1 atom stereocenters. The first-order chi connectivity index (χ1) is 7.67. The second-order valence-electron chi connectivity index (χ2n) is 3.68. The summed E-state index contributed by atoms with van der Waals surface area (Å²) in [7, 11) is 0. The lowest BCUT2D eigenvalue weighted by Gasteiger charge is -2.16. The molecule has 0 aromatic heterocycles. The summed E-state index contributed by atoms with van der Waals surface area (Å²) in [6, 6.07) is 6.52. The van der Waals surface area contributed by atoms with Gasteiger partial charge in [-0.15, -0.1) is 0 Å². The second kappa shape index (κ2) is 7.59. The zero-order chi connectivity index (χ0) is 12.0. The fraction of sp³-hybridized carbons (Fsp3) is 0.500. The van der Waals surface area contributed by atoms with Crippen LogP contribution in [-0.4, -0.2) is 18.1 Å². The monoisotopic (exact) mass is 321 g/mol. The van der Waals surface area contributed by atoms with Gasteiger partial charge in [0.25, 0.3) is 0 Å². The number of thioether (sulfide) groups is 1. The van der Waals surface area contributed by atoms with Crippen LogP contribution in [-0.2, 0) is 6.54 Å². The molecule has 0 bridgehead atoms. The van der Waals surface area contributed by atoms with Gasteiger partial charge in [-0.25, -0.2) is 0 Å². The topological polar surface area (TPSA) is 12.0 Å². The maximum Gasteiger partial charge on any atom is 0.0451 e. The molecule has 0 fully saturated rings. The van der Waals surface area contributed by atoms with Crippen LogP contribution in [0.3, 0.4) is 0 Å². The highest BCUT2D eigenvalue weighted by atomic mass is 79.9. The van der Waals surface area contributed by atoms with Gasteiger partial charge in [-0.2, -0.15) is 11.8 Å². The van der Waals surface area contributed by atoms with Crippen LogP contribution in [0.1, 0.15) is 18.9 Å². The molecule has 1 N–H and O–H groups in total. The summed E-state index contributed by atoms with van der Waals surface area (Å²) < 4.78 is 1.08. The molecule has 1 nitrogen and oxygen atoms in total. The summed E-state index contributed by atoms with van der Waals surface area (Å²) in [4.78, 5) is 0. The zero-order valence-corrected chi connectivity index (χ0v) is 12.8. The van der Waals surface area contributed by atoms with Gasteiger partial charge in [-0.3, -0.25) is 0 Å². The van der Waals surface area contributed by atoms with E-state index in [9.17, 15) is 0 Å². The average Bonchev–Trinajstić information content (AvgIpc) is 2.28. The van der Waals surface area contributed by atoms with E-state index in [4.69, 9.17) is 11.6 Å². The van der Waals surface area contributed by atoms with E-state index in [0.717, 1.165) is 33.8 Å². The standard InChI is InChI=1S/C12H17BrClNS/c1-3-11(8-16-2)15-7-9-6-10(13)4-5-12(9)14/h4-6,11,15H,3,7-8H2,1-2H3. The molecule has 0 aliphatic heterocycles. The van der Waals surface area contributed by atoms with Gasteiger partial charge in [0.1, 0.15) is 0 Å². The van der Waals surface area contributed by atoms with Gasteiger partial charge < -0.3 is 5.32 Å². The summed E-state index contributed by atoms with van der Waals surface area (Å²) in [5, 5.41) is 4.36. The van der Waals surface area contributed by atoms with E-state index in [-0.39, 0.29) is 0 Å². The normalized spacial score (nSPS) is 12.8. The molecule has 1 aromatic rings. The van der Waals surface area contributed by atoms with Crippen molar-refractivity contribution in [1.82, 2.24) is 5.32 Å². The average molecular weight is 323 g/mol. The first-order valence-corrected chi connectivity index (χ1v) is 7.90. The predicted octanol–water partition coefficient (Wildman–Crippen LogP) is 4.33. The predicted molar refractivity (Wildman–Crippen MR) is 78.5 cm³/mol. The Kier molecular flexibility index (Phi) is 6.81. The number of rotatable bonds is 6. The molecule has 16 heavy (non-hydrogen) atoms. The van der Waals surface area contributed by atoms with E-state index < -0.39 is 0 Å². The maximum atomic E-state index is 6.13. The summed E-state index contributed by atoms with van der Waals surface area (Å²) >= 11 is 11.5. The number of hydrogen-bond donors (Lipinski definition) is 1. The highest BCUT2D eigenvalue weighted by molar-refractivity contribution is 9.10. The van der Waals surface area contributed by atoms with Crippen LogP contribution in [0.2, 0.25) is 5.02 Å². The van der Waals surface area contributed by atoms with Crippen LogP contribution in [0.5, 0.6) is 0 Å². The van der Waals surface area contributed by atoms with E-state index in [2.05, 4.69) is 40.5 Å². The largest absolute Gasteiger partial charge is 0.309 e. The Hall–Kier alpha value is 0.300. The van der Waals surface area contributed by atoms with Gasteiger partial charge in [0, 0.05) is 27.8 Å². The van der Waals surface area contributed by atoms with Crippen molar-refractivity contribution in [1.29, 1.82) is 0 Å². The van der Waals surface area contributed by atoms with Gasteiger partial charge >= 0.3 is 0 Å². The number of hydrogen-bond acceptors (Lipinski definition) is 2. The maximum absolute atomic E-state index is 6.13. The number of nitrogens with one attached hydrogen (secondary N) is 1. The highest BCUT2D eigenvalue weighted by Gasteiger charge is 2.06. The quantitative estimate of drug-likeness (QED) is 0.836. The molecule has 0 heterocycles. The van der Waals surface area contributed by atoms with Crippen molar-refractivity contribution in [3.63, 3.8) is 0 Å². The molecule has 1 rings (SSSR count). The van der Waals surface area contributed by atoms with Gasteiger partial charge in [0.2, 0.25) is 0 Å². The van der Waals surface area contributed by atoms with E-state index in [1.165, 1.54) is 0 Å². The molecule has 0 amide bonds. The van der Waals surface area contributed by atoms with Gasteiger partial charge in [0.05, 0.1) is 0 Å². The minimum Gasteiger partial charge on any atom is -0.309 e. The summed E-state index contributed by atoms with van der Waals surface area (Å²) in [5.74, 6) is 1.14. The molecule has 0 saturated carbocycles. The third-order valence-corrected chi connectivity index (χ3v) is 4.05. The van der Waals surface area contributed by atoms with Crippen LogP contribution < -0.4 is 5.32 Å². The number of benzene rings is 1. The SMILES string of the molecule is CCC(CSC)NCc1cc(Br)ccc1Cl. The van der Waals surface area contributed by atoms with E-state index in [1.807, 2.05) is 23.9 Å². The Balaban J connectivity index is 2.55. The number of halogens is 2. The molecule has 0 saturated heterocycles. The summed E-state index contributed by atoms with van der Waals surface area (Å²) in [6.07, 6.45) is 3.28. The lowest BCUT2D eigenvalue weighted by Crippen LogP contribution is -2.30. The summed E-state index contributed by atoms with van der Waals surface area (Å²) in [6.45, 7) is 3.04. The first-order valence-electron chi connectivity index (χ1n) is 5.33. The molecule has 4 heteroatoms. The highest BCUT2D eigenvalue weighted by Crippen LogP contribution is 2.21. The fourth-order valence-corrected chi connectivity index (χ4v) is 2.80. The summed E-state index contributed by atoms with van der Waals surface area (Å²) in [5.41, 5.74) is 1.15. The van der Waals surface area contributed by atoms with Crippen LogP contribution in [0.15, 0.2) is 22.7 Å². The smallest absolute Gasteiger partial charge is 0.0451 e. The van der Waals surface area contributed by atoms with Crippen LogP contribution in [0.25, 0.3) is 0 Å². The molecule has 1 unspecified atom stereocenters. The molecule has 0 spiro atoms. The molecule has 0 aliphatic rings. The van der Waals surface area contributed by atoms with Crippen molar-refractivity contribution in [3.05, 3.63) is 33.3 Å². The minimum absolute atomic E-state index is 0.560. The Morgan fingerprint density at radius 3 is 2.88 bits per heavy atom. The first kappa shape index (κ1) is 14.4. The van der Waals surface area contributed by atoms with E-state index >= 15 is 0 Å². The lowest BCUT2D eigenvalue weighted by molar-refractivity contribution is 0.541. The Bertz CT molecular complexity index is 333. The second-order valence-corrected chi connectivity index (χ2v) is 5.91. The van der Waals surface area contributed by atoms with Crippen LogP contribution >= 0.6 is 39.3 Å². The van der Waals surface area contributed by atoms with E-state index in [0.29, 0.717) is 6.04 Å². The Morgan fingerprint density at radius 2 is 2.25 bits per heavy atom. The lowest BCUT2D eigenvalue weighted by atomic mass is 10.2. The van der Waals surface area contributed by atoms with Crippen molar-refractivity contribution in [2.45, 2.75) is 25.9 Å². The van der Waals surface area contributed by atoms with Gasteiger partial charge in [0.15, 0.2) is 0 Å². The zero-order valence-electron chi connectivity index (χ0n) is 9.59. The van der Waals surface area contributed by atoms with E-state index in [1.54, 1.807) is 0 Å². The van der Waals surface area contributed by atoms with Crippen LogP contribution in [0, 0.1) is 0 Å². The minimum atomic E-state index is 0.560. The molecule has 90 valence electrons. The van der Waals surface area contributed by atoms with Crippen molar-refractivity contribution >= 4 is 39.3 Å². The third kappa shape index (κ3) is 4.66.